The summed E-state index contributed by atoms with van der Waals surface area (Å²) in [5, 5.41) is 0.213. The predicted octanol–water partition coefficient (Wildman–Crippen LogP) is 3.93. The van der Waals surface area contributed by atoms with Crippen LogP contribution in [0, 0.1) is 11.7 Å². The summed E-state index contributed by atoms with van der Waals surface area (Å²) in [7, 11) is 0. The molecule has 0 spiro atoms. The zero-order valence-electron chi connectivity index (χ0n) is 9.96. The highest BCUT2D eigenvalue weighted by Gasteiger charge is 2.22. The second-order valence-corrected chi connectivity index (χ2v) is 5.39. The van der Waals surface area contributed by atoms with Crippen molar-refractivity contribution in [3.63, 3.8) is 0 Å². The molecule has 2 unspecified atom stereocenters. The maximum Gasteiger partial charge on any atom is 0.144 e. The van der Waals surface area contributed by atoms with Gasteiger partial charge in [-0.15, -0.1) is 0 Å². The molecule has 0 amide bonds. The van der Waals surface area contributed by atoms with Gasteiger partial charge < -0.3 is 5.73 Å². The van der Waals surface area contributed by atoms with E-state index >= 15 is 0 Å². The summed E-state index contributed by atoms with van der Waals surface area (Å²) >= 11 is 5.79. The molecule has 0 aromatic heterocycles. The second-order valence-electron chi connectivity index (χ2n) is 4.98. The van der Waals surface area contributed by atoms with E-state index in [-0.39, 0.29) is 16.9 Å². The minimum absolute atomic E-state index is 0.205. The summed E-state index contributed by atoms with van der Waals surface area (Å²) < 4.78 is 13.8. The summed E-state index contributed by atoms with van der Waals surface area (Å²) in [6.07, 6.45) is 6.55. The van der Waals surface area contributed by atoms with Crippen LogP contribution in [-0.4, -0.2) is 6.04 Å². The van der Waals surface area contributed by atoms with Gasteiger partial charge >= 0.3 is 0 Å². The van der Waals surface area contributed by atoms with Gasteiger partial charge in [-0.05, 0) is 36.8 Å². The quantitative estimate of drug-likeness (QED) is 0.797. The van der Waals surface area contributed by atoms with Crippen LogP contribution in [-0.2, 0) is 6.42 Å². The molecule has 1 fully saturated rings. The third kappa shape index (κ3) is 3.20. The van der Waals surface area contributed by atoms with E-state index in [1.807, 2.05) is 12.1 Å². The lowest BCUT2D eigenvalue weighted by Gasteiger charge is -2.21. The molecule has 3 heteroatoms. The van der Waals surface area contributed by atoms with Gasteiger partial charge in [0.15, 0.2) is 0 Å². The summed E-state index contributed by atoms with van der Waals surface area (Å²) in [5.74, 6) is 0.121. The molecule has 0 bridgehead atoms. The Morgan fingerprint density at radius 2 is 2.00 bits per heavy atom. The molecule has 1 aromatic carbocycles. The molecule has 2 atom stereocenters. The van der Waals surface area contributed by atoms with Crippen LogP contribution in [0.5, 0.6) is 0 Å². The van der Waals surface area contributed by atoms with Crippen molar-refractivity contribution < 1.29 is 4.39 Å². The lowest BCUT2D eigenvalue weighted by Crippen LogP contribution is -2.30. The Labute approximate surface area is 107 Å². The van der Waals surface area contributed by atoms with Gasteiger partial charge in [-0.1, -0.05) is 43.0 Å². The molecule has 94 valence electrons. The number of benzene rings is 1. The fourth-order valence-electron chi connectivity index (χ4n) is 2.66. The Morgan fingerprint density at radius 1 is 1.24 bits per heavy atom. The van der Waals surface area contributed by atoms with E-state index in [1.54, 1.807) is 6.07 Å². The van der Waals surface area contributed by atoms with E-state index in [4.69, 9.17) is 17.3 Å². The lowest BCUT2D eigenvalue weighted by atomic mass is 9.89. The summed E-state index contributed by atoms with van der Waals surface area (Å²) in [5.41, 5.74) is 6.87. The fraction of sp³-hybridized carbons (Fsp3) is 0.571. The highest BCUT2D eigenvalue weighted by atomic mass is 35.5. The number of hydrogen-bond donors (Lipinski definition) is 1. The summed E-state index contributed by atoms with van der Waals surface area (Å²) in [6.45, 7) is 0. The Balaban J connectivity index is 2.10. The van der Waals surface area contributed by atoms with Crippen molar-refractivity contribution >= 4 is 11.6 Å². The van der Waals surface area contributed by atoms with Crippen LogP contribution in [0.2, 0.25) is 5.02 Å². The van der Waals surface area contributed by atoms with Crippen molar-refractivity contribution in [2.45, 2.75) is 44.6 Å². The molecule has 2 N–H and O–H groups in total. The van der Waals surface area contributed by atoms with Crippen LogP contribution in [0.15, 0.2) is 18.2 Å². The van der Waals surface area contributed by atoms with Crippen LogP contribution in [0.1, 0.15) is 37.7 Å². The Morgan fingerprint density at radius 3 is 2.82 bits per heavy atom. The standard InChI is InChI=1S/C14H19ClFN/c15-12-7-4-6-11(14(12)16)9-10-5-2-1-3-8-13(10)17/h4,6-7,10,13H,1-3,5,8-9,17H2. The monoisotopic (exact) mass is 255 g/mol. The van der Waals surface area contributed by atoms with Crippen molar-refractivity contribution in [3.8, 4) is 0 Å². The minimum atomic E-state index is -0.273. The highest BCUT2D eigenvalue weighted by Crippen LogP contribution is 2.27. The van der Waals surface area contributed by atoms with E-state index in [0.29, 0.717) is 17.9 Å². The first-order valence-electron chi connectivity index (χ1n) is 6.37. The molecule has 0 aliphatic heterocycles. The van der Waals surface area contributed by atoms with Gasteiger partial charge in [-0.25, -0.2) is 4.39 Å². The minimum Gasteiger partial charge on any atom is -0.327 e. The Bertz CT molecular complexity index is 380. The van der Waals surface area contributed by atoms with Crippen LogP contribution < -0.4 is 5.73 Å². The predicted molar refractivity (Wildman–Crippen MR) is 69.7 cm³/mol. The van der Waals surface area contributed by atoms with Crippen LogP contribution in [0.4, 0.5) is 4.39 Å². The molecule has 0 heterocycles. The number of rotatable bonds is 2. The van der Waals surface area contributed by atoms with E-state index in [9.17, 15) is 4.39 Å². The first-order valence-corrected chi connectivity index (χ1v) is 6.74. The molecule has 2 rings (SSSR count). The zero-order chi connectivity index (χ0) is 12.3. The van der Waals surface area contributed by atoms with Gasteiger partial charge in [0.25, 0.3) is 0 Å². The second kappa shape index (κ2) is 5.83. The topological polar surface area (TPSA) is 26.0 Å². The zero-order valence-corrected chi connectivity index (χ0v) is 10.7. The first kappa shape index (κ1) is 12.8. The number of hydrogen-bond acceptors (Lipinski definition) is 1. The van der Waals surface area contributed by atoms with Gasteiger partial charge in [0.05, 0.1) is 5.02 Å². The van der Waals surface area contributed by atoms with Crippen molar-refractivity contribution in [1.29, 1.82) is 0 Å². The van der Waals surface area contributed by atoms with Gasteiger partial charge in [0.2, 0.25) is 0 Å². The lowest BCUT2D eigenvalue weighted by molar-refractivity contribution is 0.390. The molecular formula is C14H19ClFN. The highest BCUT2D eigenvalue weighted by molar-refractivity contribution is 6.30. The SMILES string of the molecule is NC1CCCCCC1Cc1cccc(Cl)c1F. The van der Waals surface area contributed by atoms with E-state index in [1.165, 1.54) is 19.3 Å². The maximum absolute atomic E-state index is 13.8. The summed E-state index contributed by atoms with van der Waals surface area (Å²) in [4.78, 5) is 0. The van der Waals surface area contributed by atoms with E-state index < -0.39 is 0 Å². The smallest absolute Gasteiger partial charge is 0.144 e. The molecule has 1 aliphatic carbocycles. The van der Waals surface area contributed by atoms with Gasteiger partial charge in [0, 0.05) is 6.04 Å². The Kier molecular flexibility index (Phi) is 4.41. The number of halogens is 2. The molecule has 1 nitrogen and oxygen atoms in total. The molecule has 1 aromatic rings. The van der Waals surface area contributed by atoms with Crippen LogP contribution in [0.25, 0.3) is 0 Å². The summed E-state index contributed by atoms with van der Waals surface area (Å²) in [6, 6.07) is 5.42. The maximum atomic E-state index is 13.8. The molecule has 0 radical (unpaired) electrons. The van der Waals surface area contributed by atoms with Crippen LogP contribution >= 0.6 is 11.6 Å². The molecule has 1 saturated carbocycles. The first-order chi connectivity index (χ1) is 8.18. The van der Waals surface area contributed by atoms with Crippen molar-refractivity contribution in [3.05, 3.63) is 34.6 Å². The van der Waals surface area contributed by atoms with Crippen LogP contribution in [0.3, 0.4) is 0 Å². The van der Waals surface area contributed by atoms with E-state index in [2.05, 4.69) is 0 Å². The van der Waals surface area contributed by atoms with Crippen molar-refractivity contribution in [2.75, 3.05) is 0 Å². The number of nitrogens with two attached hydrogens (primary N) is 1. The van der Waals surface area contributed by atoms with E-state index in [0.717, 1.165) is 12.8 Å². The fourth-order valence-corrected chi connectivity index (χ4v) is 2.85. The Hall–Kier alpha value is -0.600. The molecule has 1 aliphatic rings. The third-order valence-electron chi connectivity index (χ3n) is 3.73. The molecular weight excluding hydrogens is 237 g/mol. The third-order valence-corrected chi connectivity index (χ3v) is 4.02. The normalized spacial score (nSPS) is 25.6. The van der Waals surface area contributed by atoms with Crippen molar-refractivity contribution in [1.82, 2.24) is 0 Å². The van der Waals surface area contributed by atoms with Gasteiger partial charge in [0.1, 0.15) is 5.82 Å². The molecule has 17 heavy (non-hydrogen) atoms. The van der Waals surface area contributed by atoms with Gasteiger partial charge in [-0.3, -0.25) is 0 Å². The van der Waals surface area contributed by atoms with Gasteiger partial charge in [-0.2, -0.15) is 0 Å². The largest absolute Gasteiger partial charge is 0.327 e. The average Bonchev–Trinajstić information content (AvgIpc) is 2.51. The average molecular weight is 256 g/mol. The van der Waals surface area contributed by atoms with Crippen molar-refractivity contribution in [2.24, 2.45) is 11.7 Å². The molecule has 0 saturated heterocycles.